The van der Waals surface area contributed by atoms with Crippen molar-refractivity contribution in [3.05, 3.63) is 35.4 Å². The molecule has 0 bridgehead atoms. The van der Waals surface area contributed by atoms with Gasteiger partial charge in [0.25, 0.3) is 5.91 Å². The Balaban J connectivity index is 2.17. The van der Waals surface area contributed by atoms with Crippen molar-refractivity contribution in [1.82, 2.24) is 10.2 Å². The second-order valence-electron chi connectivity index (χ2n) is 5.47. The molecular formula is C15H20F2N2O. The first-order valence-corrected chi connectivity index (χ1v) is 6.98. The minimum atomic E-state index is -0.806. The molecule has 0 spiro atoms. The first-order chi connectivity index (χ1) is 9.49. The third kappa shape index (κ3) is 3.33. The minimum absolute atomic E-state index is 0.0330. The molecule has 20 heavy (non-hydrogen) atoms. The summed E-state index contributed by atoms with van der Waals surface area (Å²) >= 11 is 0. The molecule has 110 valence electrons. The maximum absolute atomic E-state index is 13.7. The molecule has 1 atom stereocenters. The molecule has 1 fully saturated rings. The molecule has 0 radical (unpaired) electrons. The van der Waals surface area contributed by atoms with E-state index in [9.17, 15) is 13.6 Å². The van der Waals surface area contributed by atoms with E-state index in [0.717, 1.165) is 31.5 Å². The number of hydrogen-bond donors (Lipinski definition) is 1. The highest BCUT2D eigenvalue weighted by Crippen LogP contribution is 2.16. The lowest BCUT2D eigenvalue weighted by molar-refractivity contribution is 0.0684. The number of nitrogens with zero attached hydrogens (tertiary/aromatic N) is 1. The summed E-state index contributed by atoms with van der Waals surface area (Å²) in [6, 6.07) is 3.30. The summed E-state index contributed by atoms with van der Waals surface area (Å²) in [5, 5.41) is 3.32. The van der Waals surface area contributed by atoms with E-state index in [0.29, 0.717) is 6.54 Å². The van der Waals surface area contributed by atoms with Gasteiger partial charge in [0.2, 0.25) is 0 Å². The molecule has 1 N–H and O–H groups in total. The number of benzene rings is 1. The van der Waals surface area contributed by atoms with Crippen LogP contribution < -0.4 is 5.32 Å². The van der Waals surface area contributed by atoms with Crippen LogP contribution in [0, 0.1) is 11.6 Å². The van der Waals surface area contributed by atoms with Crippen molar-refractivity contribution in [1.29, 1.82) is 0 Å². The standard InChI is InChI=1S/C15H20F2N2O/c1-10(2)19(9-12-4-3-7-18-12)15(20)13-6-5-11(16)8-14(13)17/h5-6,8,10,12,18H,3-4,7,9H2,1-2H3. The average Bonchev–Trinajstić information content (AvgIpc) is 2.87. The lowest BCUT2D eigenvalue weighted by Crippen LogP contribution is -2.45. The van der Waals surface area contributed by atoms with Crippen LogP contribution in [0.2, 0.25) is 0 Å². The van der Waals surface area contributed by atoms with Gasteiger partial charge >= 0.3 is 0 Å². The van der Waals surface area contributed by atoms with Gasteiger partial charge in [0.1, 0.15) is 11.6 Å². The van der Waals surface area contributed by atoms with Crippen molar-refractivity contribution in [2.24, 2.45) is 0 Å². The maximum atomic E-state index is 13.7. The first-order valence-electron chi connectivity index (χ1n) is 6.98. The fourth-order valence-electron chi connectivity index (χ4n) is 2.50. The monoisotopic (exact) mass is 282 g/mol. The second-order valence-corrected chi connectivity index (χ2v) is 5.47. The van der Waals surface area contributed by atoms with Crippen LogP contribution in [0.5, 0.6) is 0 Å². The molecule has 3 nitrogen and oxygen atoms in total. The third-order valence-electron chi connectivity index (χ3n) is 3.63. The van der Waals surface area contributed by atoms with Crippen LogP contribution in [0.3, 0.4) is 0 Å². The van der Waals surface area contributed by atoms with Gasteiger partial charge in [0.05, 0.1) is 5.56 Å². The van der Waals surface area contributed by atoms with E-state index < -0.39 is 11.6 Å². The molecule has 0 saturated carbocycles. The summed E-state index contributed by atoms with van der Waals surface area (Å²) in [7, 11) is 0. The van der Waals surface area contributed by atoms with Crippen LogP contribution in [-0.4, -0.2) is 36.0 Å². The number of amides is 1. The first kappa shape index (κ1) is 14.9. The van der Waals surface area contributed by atoms with Crippen molar-refractivity contribution in [2.75, 3.05) is 13.1 Å². The lowest BCUT2D eigenvalue weighted by atomic mass is 10.1. The fourth-order valence-corrected chi connectivity index (χ4v) is 2.50. The number of carbonyl (C=O) groups is 1. The Hall–Kier alpha value is -1.49. The zero-order chi connectivity index (χ0) is 14.7. The fraction of sp³-hybridized carbons (Fsp3) is 0.533. The number of halogens is 2. The van der Waals surface area contributed by atoms with Crippen LogP contribution in [-0.2, 0) is 0 Å². The van der Waals surface area contributed by atoms with E-state index in [1.54, 1.807) is 4.90 Å². The predicted octanol–water partition coefficient (Wildman–Crippen LogP) is 2.57. The van der Waals surface area contributed by atoms with Crippen LogP contribution >= 0.6 is 0 Å². The second kappa shape index (κ2) is 6.31. The normalized spacial score (nSPS) is 18.6. The van der Waals surface area contributed by atoms with E-state index in [4.69, 9.17) is 0 Å². The molecule has 1 heterocycles. The summed E-state index contributed by atoms with van der Waals surface area (Å²) in [6.07, 6.45) is 2.11. The molecule has 1 amide bonds. The van der Waals surface area contributed by atoms with E-state index >= 15 is 0 Å². The SMILES string of the molecule is CC(C)N(CC1CCCN1)C(=O)c1ccc(F)cc1F. The quantitative estimate of drug-likeness (QED) is 0.920. The lowest BCUT2D eigenvalue weighted by Gasteiger charge is -2.29. The molecule has 1 unspecified atom stereocenters. The van der Waals surface area contributed by atoms with Gasteiger partial charge in [-0.3, -0.25) is 4.79 Å². The summed E-state index contributed by atoms with van der Waals surface area (Å²) in [5.74, 6) is -1.86. The van der Waals surface area contributed by atoms with Gasteiger partial charge in [0.15, 0.2) is 0 Å². The Morgan fingerprint density at radius 2 is 2.20 bits per heavy atom. The molecule has 0 aromatic heterocycles. The summed E-state index contributed by atoms with van der Waals surface area (Å²) in [6.45, 7) is 5.30. The highest BCUT2D eigenvalue weighted by molar-refractivity contribution is 5.94. The van der Waals surface area contributed by atoms with Crippen LogP contribution in [0.15, 0.2) is 18.2 Å². The minimum Gasteiger partial charge on any atom is -0.335 e. The topological polar surface area (TPSA) is 32.3 Å². The molecule has 1 aliphatic rings. The largest absolute Gasteiger partial charge is 0.335 e. The van der Waals surface area contributed by atoms with Crippen LogP contribution in [0.1, 0.15) is 37.0 Å². The smallest absolute Gasteiger partial charge is 0.257 e. The van der Waals surface area contributed by atoms with E-state index in [2.05, 4.69) is 5.32 Å². The van der Waals surface area contributed by atoms with Gasteiger partial charge in [-0.1, -0.05) is 0 Å². The van der Waals surface area contributed by atoms with Crippen molar-refractivity contribution in [2.45, 2.75) is 38.8 Å². The summed E-state index contributed by atoms with van der Waals surface area (Å²) in [4.78, 5) is 14.1. The van der Waals surface area contributed by atoms with E-state index in [-0.39, 0.29) is 23.6 Å². The summed E-state index contributed by atoms with van der Waals surface area (Å²) < 4.78 is 26.7. The number of rotatable bonds is 4. The van der Waals surface area contributed by atoms with Gasteiger partial charge in [-0.05, 0) is 45.4 Å². The van der Waals surface area contributed by atoms with Gasteiger partial charge in [-0.25, -0.2) is 8.78 Å². The highest BCUT2D eigenvalue weighted by atomic mass is 19.1. The molecule has 2 rings (SSSR count). The van der Waals surface area contributed by atoms with E-state index in [1.807, 2.05) is 13.8 Å². The number of hydrogen-bond acceptors (Lipinski definition) is 2. The highest BCUT2D eigenvalue weighted by Gasteiger charge is 2.26. The van der Waals surface area contributed by atoms with Crippen molar-refractivity contribution < 1.29 is 13.6 Å². The van der Waals surface area contributed by atoms with Gasteiger partial charge < -0.3 is 10.2 Å². The molecule has 1 aromatic rings. The molecule has 0 aliphatic carbocycles. The van der Waals surface area contributed by atoms with Gasteiger partial charge in [-0.2, -0.15) is 0 Å². The van der Waals surface area contributed by atoms with Gasteiger partial charge in [-0.15, -0.1) is 0 Å². The molecule has 5 heteroatoms. The Kier molecular flexibility index (Phi) is 4.70. The predicted molar refractivity (Wildman–Crippen MR) is 73.6 cm³/mol. The van der Waals surface area contributed by atoms with Crippen molar-refractivity contribution in [3.8, 4) is 0 Å². The third-order valence-corrected chi connectivity index (χ3v) is 3.63. The van der Waals surface area contributed by atoms with E-state index in [1.165, 1.54) is 6.07 Å². The number of nitrogens with one attached hydrogen (secondary N) is 1. The Morgan fingerprint density at radius 3 is 2.75 bits per heavy atom. The molecule has 1 aromatic carbocycles. The summed E-state index contributed by atoms with van der Waals surface area (Å²) in [5.41, 5.74) is -0.0712. The van der Waals surface area contributed by atoms with Crippen LogP contribution in [0.4, 0.5) is 8.78 Å². The molecular weight excluding hydrogens is 262 g/mol. The Bertz CT molecular complexity index is 485. The molecule has 1 saturated heterocycles. The van der Waals surface area contributed by atoms with Gasteiger partial charge in [0, 0.05) is 24.7 Å². The van der Waals surface area contributed by atoms with Crippen LogP contribution in [0.25, 0.3) is 0 Å². The van der Waals surface area contributed by atoms with Crippen molar-refractivity contribution >= 4 is 5.91 Å². The average molecular weight is 282 g/mol. The maximum Gasteiger partial charge on any atom is 0.257 e. The number of carbonyl (C=O) groups excluding carboxylic acids is 1. The zero-order valence-corrected chi connectivity index (χ0v) is 11.8. The zero-order valence-electron chi connectivity index (χ0n) is 11.8. The molecule has 1 aliphatic heterocycles. The Morgan fingerprint density at radius 1 is 1.45 bits per heavy atom. The Labute approximate surface area is 118 Å². The van der Waals surface area contributed by atoms with Crippen molar-refractivity contribution in [3.63, 3.8) is 0 Å².